The zero-order chi connectivity index (χ0) is 17.4. The molecular formula is C19H11FN2OS2. The largest absolute Gasteiger partial charge is 0.332 e. The van der Waals surface area contributed by atoms with E-state index in [1.54, 1.807) is 23.5 Å². The van der Waals surface area contributed by atoms with E-state index in [0.717, 1.165) is 14.8 Å². The van der Waals surface area contributed by atoms with Crippen molar-refractivity contribution in [3.05, 3.63) is 70.9 Å². The van der Waals surface area contributed by atoms with Crippen LogP contribution in [-0.2, 0) is 0 Å². The van der Waals surface area contributed by atoms with E-state index in [1.165, 1.54) is 28.2 Å². The van der Waals surface area contributed by atoms with E-state index in [9.17, 15) is 14.4 Å². The van der Waals surface area contributed by atoms with Gasteiger partial charge < -0.3 is 5.32 Å². The summed E-state index contributed by atoms with van der Waals surface area (Å²) < 4.78 is 17.1. The molecule has 0 spiro atoms. The van der Waals surface area contributed by atoms with Crippen molar-refractivity contribution in [3.8, 4) is 6.07 Å². The summed E-state index contributed by atoms with van der Waals surface area (Å²) in [5.41, 5.74) is 0.169. The number of amides is 1. The van der Waals surface area contributed by atoms with Gasteiger partial charge in [0.25, 0.3) is 5.91 Å². The Hall–Kier alpha value is -2.75. The molecule has 4 aromatic rings. The Labute approximate surface area is 150 Å². The lowest BCUT2D eigenvalue weighted by Gasteiger charge is -2.11. The zero-order valence-electron chi connectivity index (χ0n) is 12.8. The average Bonchev–Trinajstić information content (AvgIpc) is 3.18. The van der Waals surface area contributed by atoms with Crippen LogP contribution in [0.4, 0.5) is 4.39 Å². The van der Waals surface area contributed by atoms with Crippen LogP contribution in [0.5, 0.6) is 0 Å². The lowest BCUT2D eigenvalue weighted by Crippen LogP contribution is -2.27. The van der Waals surface area contributed by atoms with Gasteiger partial charge in [-0.3, -0.25) is 4.79 Å². The molecule has 122 valence electrons. The summed E-state index contributed by atoms with van der Waals surface area (Å²) in [6, 6.07) is 16.8. The molecule has 1 N–H and O–H groups in total. The lowest BCUT2D eigenvalue weighted by atomic mass is 10.1. The van der Waals surface area contributed by atoms with Crippen LogP contribution < -0.4 is 5.32 Å². The van der Waals surface area contributed by atoms with Crippen molar-refractivity contribution >= 4 is 48.1 Å². The van der Waals surface area contributed by atoms with Gasteiger partial charge in [0.15, 0.2) is 0 Å². The van der Waals surface area contributed by atoms with Gasteiger partial charge in [-0.05, 0) is 18.2 Å². The Bertz CT molecular complexity index is 1140. The summed E-state index contributed by atoms with van der Waals surface area (Å²) in [5, 5.41) is 13.1. The molecule has 6 heteroatoms. The monoisotopic (exact) mass is 366 g/mol. The number of hydrogen-bond acceptors (Lipinski definition) is 4. The fourth-order valence-corrected chi connectivity index (χ4v) is 5.13. The number of nitrogens with one attached hydrogen (secondary N) is 1. The summed E-state index contributed by atoms with van der Waals surface area (Å²) in [7, 11) is 0. The van der Waals surface area contributed by atoms with Crippen molar-refractivity contribution in [1.29, 1.82) is 5.26 Å². The van der Waals surface area contributed by atoms with E-state index < -0.39 is 11.9 Å². The van der Waals surface area contributed by atoms with Crippen molar-refractivity contribution in [3.63, 3.8) is 0 Å². The molecule has 0 saturated carbocycles. The summed E-state index contributed by atoms with van der Waals surface area (Å²) in [6.45, 7) is 0. The van der Waals surface area contributed by atoms with Crippen molar-refractivity contribution in [2.75, 3.05) is 0 Å². The molecule has 0 aliphatic heterocycles. The van der Waals surface area contributed by atoms with E-state index in [1.807, 2.05) is 30.3 Å². The maximum Gasteiger partial charge on any atom is 0.262 e. The highest BCUT2D eigenvalue weighted by molar-refractivity contribution is 7.33. The van der Waals surface area contributed by atoms with Gasteiger partial charge >= 0.3 is 0 Å². The number of nitriles is 1. The van der Waals surface area contributed by atoms with Crippen molar-refractivity contribution < 1.29 is 9.18 Å². The second kappa shape index (κ2) is 6.28. The Kier molecular flexibility index (Phi) is 3.96. The predicted octanol–water partition coefficient (Wildman–Crippen LogP) is 5.25. The molecule has 1 amide bonds. The van der Waals surface area contributed by atoms with Gasteiger partial charge in [-0.25, -0.2) is 4.39 Å². The molecule has 0 saturated heterocycles. The van der Waals surface area contributed by atoms with Crippen LogP contribution in [0.2, 0.25) is 0 Å². The number of nitrogens with zero attached hydrogens (tertiary/aromatic N) is 1. The van der Waals surface area contributed by atoms with Gasteiger partial charge in [-0.1, -0.05) is 36.4 Å². The van der Waals surface area contributed by atoms with Gasteiger partial charge in [0, 0.05) is 20.3 Å². The first-order chi connectivity index (χ1) is 12.2. The minimum atomic E-state index is -1.02. The van der Waals surface area contributed by atoms with E-state index in [-0.39, 0.29) is 11.5 Å². The number of halogens is 1. The molecule has 25 heavy (non-hydrogen) atoms. The molecule has 0 aliphatic rings. The third-order valence-corrected chi connectivity index (χ3v) is 6.31. The van der Waals surface area contributed by atoms with Gasteiger partial charge in [-0.15, -0.1) is 22.7 Å². The number of fused-ring (bicyclic) bond motifs is 3. The van der Waals surface area contributed by atoms with E-state index in [4.69, 9.17) is 0 Å². The van der Waals surface area contributed by atoms with Gasteiger partial charge in [-0.2, -0.15) is 5.26 Å². The third kappa shape index (κ3) is 2.78. The molecule has 1 atom stereocenters. The van der Waals surface area contributed by atoms with E-state index >= 15 is 0 Å². The number of hydrogen-bond donors (Lipinski definition) is 1. The molecule has 2 aromatic carbocycles. The molecule has 2 heterocycles. The fraction of sp³-hybridized carbons (Fsp3) is 0.0526. The normalized spacial score (nSPS) is 12.2. The van der Waals surface area contributed by atoms with Crippen molar-refractivity contribution in [2.45, 2.75) is 6.04 Å². The van der Waals surface area contributed by atoms with Crippen molar-refractivity contribution in [2.24, 2.45) is 0 Å². The molecule has 0 radical (unpaired) electrons. The summed E-state index contributed by atoms with van der Waals surface area (Å²) in [5.74, 6) is -0.875. The van der Waals surface area contributed by atoms with Crippen LogP contribution in [-0.4, -0.2) is 5.91 Å². The van der Waals surface area contributed by atoms with Gasteiger partial charge in [0.2, 0.25) is 0 Å². The first kappa shape index (κ1) is 15.8. The van der Waals surface area contributed by atoms with Crippen LogP contribution in [0.25, 0.3) is 19.5 Å². The summed E-state index contributed by atoms with van der Waals surface area (Å²) in [6.07, 6.45) is 0. The van der Waals surface area contributed by atoms with Crippen LogP contribution in [0.3, 0.4) is 0 Å². The average molecular weight is 366 g/mol. The SMILES string of the molecule is N#CC(NC(=O)c1cc2sc3ccccc3c2s1)c1ccccc1F. The second-order valence-electron chi connectivity index (χ2n) is 5.46. The summed E-state index contributed by atoms with van der Waals surface area (Å²) in [4.78, 5) is 13.0. The van der Waals surface area contributed by atoms with Crippen LogP contribution >= 0.6 is 22.7 Å². The highest BCUT2D eigenvalue weighted by Crippen LogP contribution is 2.39. The first-order valence-corrected chi connectivity index (χ1v) is 9.16. The Morgan fingerprint density at radius 1 is 1.08 bits per heavy atom. The zero-order valence-corrected chi connectivity index (χ0v) is 14.5. The number of benzene rings is 2. The highest BCUT2D eigenvalue weighted by atomic mass is 32.1. The summed E-state index contributed by atoms with van der Waals surface area (Å²) >= 11 is 3.02. The first-order valence-electron chi connectivity index (χ1n) is 7.53. The van der Waals surface area contributed by atoms with Crippen molar-refractivity contribution in [1.82, 2.24) is 5.32 Å². The molecule has 0 aliphatic carbocycles. The number of rotatable bonds is 3. The molecular weight excluding hydrogens is 355 g/mol. The Balaban J connectivity index is 1.65. The maximum atomic E-state index is 13.9. The standard InChI is InChI=1S/C19H11FN2OS2/c20-13-7-3-1-5-11(13)14(10-21)22-19(23)17-9-16-18(25-17)12-6-2-4-8-15(12)24-16/h1-9,14H,(H,22,23). The minimum Gasteiger partial charge on any atom is -0.332 e. The topological polar surface area (TPSA) is 52.9 Å². The van der Waals surface area contributed by atoms with Crippen LogP contribution in [0.15, 0.2) is 54.6 Å². The fourth-order valence-electron chi connectivity index (χ4n) is 2.70. The minimum absolute atomic E-state index is 0.169. The van der Waals surface area contributed by atoms with E-state index in [2.05, 4.69) is 11.4 Å². The number of carbonyl (C=O) groups is 1. The number of carbonyl (C=O) groups excluding carboxylic acids is 1. The predicted molar refractivity (Wildman–Crippen MR) is 99.4 cm³/mol. The van der Waals surface area contributed by atoms with Gasteiger partial charge in [0.1, 0.15) is 11.9 Å². The molecule has 0 fully saturated rings. The van der Waals surface area contributed by atoms with Gasteiger partial charge in [0.05, 0.1) is 15.6 Å². The lowest BCUT2D eigenvalue weighted by molar-refractivity contribution is 0.0949. The second-order valence-corrected chi connectivity index (χ2v) is 7.60. The van der Waals surface area contributed by atoms with Crippen LogP contribution in [0, 0.1) is 17.1 Å². The quantitative estimate of drug-likeness (QED) is 0.538. The highest BCUT2D eigenvalue weighted by Gasteiger charge is 2.20. The Morgan fingerprint density at radius 2 is 1.84 bits per heavy atom. The maximum absolute atomic E-state index is 13.9. The van der Waals surface area contributed by atoms with E-state index in [0.29, 0.717) is 4.88 Å². The molecule has 1 unspecified atom stereocenters. The molecule has 2 aromatic heterocycles. The number of thiophene rings is 2. The smallest absolute Gasteiger partial charge is 0.262 e. The molecule has 3 nitrogen and oxygen atoms in total. The molecule has 0 bridgehead atoms. The third-order valence-electron chi connectivity index (χ3n) is 3.89. The molecule has 4 rings (SSSR count). The Morgan fingerprint density at radius 3 is 2.64 bits per heavy atom. The van der Waals surface area contributed by atoms with Crippen LogP contribution in [0.1, 0.15) is 21.3 Å².